The van der Waals surface area contributed by atoms with Crippen molar-refractivity contribution in [2.75, 3.05) is 0 Å². The molecule has 0 saturated carbocycles. The maximum Gasteiger partial charge on any atom is 0.390 e. The fourth-order valence-electron chi connectivity index (χ4n) is 1.82. The van der Waals surface area contributed by atoms with Crippen LogP contribution in [0.25, 0.3) is 0 Å². The van der Waals surface area contributed by atoms with Crippen molar-refractivity contribution >= 4 is 11.8 Å². The van der Waals surface area contributed by atoms with Crippen LogP contribution in [0, 0.1) is 13.8 Å². The van der Waals surface area contributed by atoms with E-state index in [-0.39, 0.29) is 11.2 Å². The lowest BCUT2D eigenvalue weighted by Crippen LogP contribution is -2.41. The molecule has 0 aromatic heterocycles. The zero-order valence-corrected chi connectivity index (χ0v) is 12.0. The second-order valence-corrected chi connectivity index (χ2v) is 5.84. The average Bonchev–Trinajstić information content (AvgIpc) is 2.42. The standard InChI is InChI=1S/C15H21NO2/c1-10-8-7-9-11(2)12(10)16-13-17-14(3,4)15(5,6)18-13/h7-9H,1-6H3. The summed E-state index contributed by atoms with van der Waals surface area (Å²) in [6, 6.07) is 6.11. The van der Waals surface area contributed by atoms with Crippen LogP contribution in [-0.4, -0.2) is 17.3 Å². The van der Waals surface area contributed by atoms with Gasteiger partial charge in [0.25, 0.3) is 0 Å². The van der Waals surface area contributed by atoms with Crippen molar-refractivity contribution in [2.24, 2.45) is 4.99 Å². The topological polar surface area (TPSA) is 30.8 Å². The van der Waals surface area contributed by atoms with Gasteiger partial charge in [-0.2, -0.15) is 4.99 Å². The largest absolute Gasteiger partial charge is 0.440 e. The number of hydrogen-bond donors (Lipinski definition) is 0. The summed E-state index contributed by atoms with van der Waals surface area (Å²) in [6.45, 7) is 12.1. The highest BCUT2D eigenvalue weighted by molar-refractivity contribution is 5.75. The maximum atomic E-state index is 5.81. The molecule has 0 radical (unpaired) electrons. The summed E-state index contributed by atoms with van der Waals surface area (Å²) in [5.74, 6) is 0. The molecule has 0 bridgehead atoms. The zero-order valence-electron chi connectivity index (χ0n) is 12.0. The van der Waals surface area contributed by atoms with E-state index >= 15 is 0 Å². The van der Waals surface area contributed by atoms with E-state index < -0.39 is 0 Å². The molecule has 1 aliphatic rings. The van der Waals surface area contributed by atoms with Gasteiger partial charge in [-0.1, -0.05) is 18.2 Å². The summed E-state index contributed by atoms with van der Waals surface area (Å²) in [5.41, 5.74) is 2.43. The summed E-state index contributed by atoms with van der Waals surface area (Å²) in [6.07, 6.45) is 0.363. The molecule has 1 aliphatic heterocycles. The number of aliphatic imine (C=N–C) groups is 1. The predicted molar refractivity (Wildman–Crippen MR) is 73.3 cm³/mol. The molecule has 98 valence electrons. The lowest BCUT2D eigenvalue weighted by molar-refractivity contribution is 0.00578. The first-order valence-electron chi connectivity index (χ1n) is 6.26. The Morgan fingerprint density at radius 3 is 1.78 bits per heavy atom. The van der Waals surface area contributed by atoms with Gasteiger partial charge < -0.3 is 9.47 Å². The third-order valence-electron chi connectivity index (χ3n) is 3.78. The summed E-state index contributed by atoms with van der Waals surface area (Å²) < 4.78 is 11.6. The molecule has 0 spiro atoms. The van der Waals surface area contributed by atoms with Gasteiger partial charge in [-0.25, -0.2) is 0 Å². The molecule has 0 N–H and O–H groups in total. The van der Waals surface area contributed by atoms with Gasteiger partial charge in [-0.15, -0.1) is 0 Å². The monoisotopic (exact) mass is 247 g/mol. The molecule has 1 fully saturated rings. The van der Waals surface area contributed by atoms with Crippen LogP contribution in [0.1, 0.15) is 38.8 Å². The van der Waals surface area contributed by atoms with Crippen LogP contribution >= 0.6 is 0 Å². The van der Waals surface area contributed by atoms with E-state index in [1.807, 2.05) is 59.7 Å². The van der Waals surface area contributed by atoms with Gasteiger partial charge in [0.1, 0.15) is 11.2 Å². The third-order valence-corrected chi connectivity index (χ3v) is 3.78. The lowest BCUT2D eigenvalue weighted by Gasteiger charge is -2.28. The lowest BCUT2D eigenvalue weighted by atomic mass is 9.90. The highest BCUT2D eigenvalue weighted by Crippen LogP contribution is 2.37. The molecule has 0 unspecified atom stereocenters. The number of nitrogens with zero attached hydrogens (tertiary/aromatic N) is 1. The Labute approximate surface area is 109 Å². The van der Waals surface area contributed by atoms with E-state index in [1.165, 1.54) is 0 Å². The summed E-state index contributed by atoms with van der Waals surface area (Å²) >= 11 is 0. The van der Waals surface area contributed by atoms with Gasteiger partial charge >= 0.3 is 6.08 Å². The van der Waals surface area contributed by atoms with E-state index in [1.54, 1.807) is 0 Å². The first-order valence-corrected chi connectivity index (χ1v) is 6.26. The SMILES string of the molecule is Cc1cccc(C)c1N=C1OC(C)(C)C(C)(C)O1. The minimum atomic E-state index is -0.373. The molecule has 18 heavy (non-hydrogen) atoms. The average molecular weight is 247 g/mol. The van der Waals surface area contributed by atoms with Crippen molar-refractivity contribution in [2.45, 2.75) is 52.7 Å². The van der Waals surface area contributed by atoms with Crippen LogP contribution in [0.4, 0.5) is 5.69 Å². The highest BCUT2D eigenvalue weighted by atomic mass is 16.7. The normalized spacial score (nSPS) is 20.2. The molecule has 1 aromatic carbocycles. The number of rotatable bonds is 1. The number of aryl methyl sites for hydroxylation is 2. The van der Waals surface area contributed by atoms with E-state index in [2.05, 4.69) is 4.99 Å². The zero-order chi connectivity index (χ0) is 13.6. The number of para-hydroxylation sites is 1. The van der Waals surface area contributed by atoms with Gasteiger partial charge in [0, 0.05) is 0 Å². The van der Waals surface area contributed by atoms with Crippen LogP contribution in [0.2, 0.25) is 0 Å². The molecule has 3 nitrogen and oxygen atoms in total. The van der Waals surface area contributed by atoms with Crippen molar-refractivity contribution in [1.29, 1.82) is 0 Å². The van der Waals surface area contributed by atoms with Gasteiger partial charge in [-0.05, 0) is 52.7 Å². The maximum absolute atomic E-state index is 5.81. The van der Waals surface area contributed by atoms with Crippen molar-refractivity contribution in [3.63, 3.8) is 0 Å². The van der Waals surface area contributed by atoms with Crippen molar-refractivity contribution in [3.05, 3.63) is 29.3 Å². The van der Waals surface area contributed by atoms with Gasteiger partial charge in [-0.3, -0.25) is 0 Å². The minimum Gasteiger partial charge on any atom is -0.440 e. The number of hydrogen-bond acceptors (Lipinski definition) is 3. The Kier molecular flexibility index (Phi) is 2.88. The quantitative estimate of drug-likeness (QED) is 0.753. The first-order chi connectivity index (χ1) is 8.23. The smallest absolute Gasteiger partial charge is 0.390 e. The summed E-state index contributed by atoms with van der Waals surface area (Å²) in [4.78, 5) is 4.52. The molecule has 0 atom stereocenters. The molecule has 1 aromatic rings. The fourth-order valence-corrected chi connectivity index (χ4v) is 1.82. The van der Waals surface area contributed by atoms with Gasteiger partial charge in [0.2, 0.25) is 0 Å². The van der Waals surface area contributed by atoms with Gasteiger partial charge in [0.05, 0.1) is 5.69 Å². The van der Waals surface area contributed by atoms with E-state index in [4.69, 9.17) is 9.47 Å². The summed E-state index contributed by atoms with van der Waals surface area (Å²) in [5, 5.41) is 0. The second-order valence-electron chi connectivity index (χ2n) is 5.84. The molecular weight excluding hydrogens is 226 g/mol. The van der Waals surface area contributed by atoms with Crippen LogP contribution in [0.5, 0.6) is 0 Å². The van der Waals surface area contributed by atoms with Gasteiger partial charge in [0.15, 0.2) is 0 Å². The van der Waals surface area contributed by atoms with Crippen LogP contribution in [0.3, 0.4) is 0 Å². The van der Waals surface area contributed by atoms with Crippen LogP contribution in [-0.2, 0) is 9.47 Å². The second kappa shape index (κ2) is 4.01. The molecule has 1 saturated heterocycles. The van der Waals surface area contributed by atoms with Crippen molar-refractivity contribution in [1.82, 2.24) is 0 Å². The third kappa shape index (κ3) is 2.09. The predicted octanol–water partition coefficient (Wildman–Crippen LogP) is 3.89. The van der Waals surface area contributed by atoms with Crippen molar-refractivity contribution in [3.8, 4) is 0 Å². The Balaban J connectivity index is 2.38. The van der Waals surface area contributed by atoms with E-state index in [9.17, 15) is 0 Å². The Morgan fingerprint density at radius 2 is 1.33 bits per heavy atom. The molecule has 1 heterocycles. The number of ether oxygens (including phenoxy) is 2. The van der Waals surface area contributed by atoms with Crippen molar-refractivity contribution < 1.29 is 9.47 Å². The van der Waals surface area contributed by atoms with E-state index in [0.29, 0.717) is 6.08 Å². The van der Waals surface area contributed by atoms with Crippen LogP contribution < -0.4 is 0 Å². The molecule has 2 rings (SSSR count). The Bertz CT molecular complexity index is 463. The molecule has 0 aliphatic carbocycles. The first kappa shape index (κ1) is 12.9. The Morgan fingerprint density at radius 1 is 0.889 bits per heavy atom. The summed E-state index contributed by atoms with van der Waals surface area (Å²) in [7, 11) is 0. The highest BCUT2D eigenvalue weighted by Gasteiger charge is 2.49. The number of benzene rings is 1. The molecular formula is C15H21NO2. The fraction of sp³-hybridized carbons (Fsp3) is 0.533. The molecule has 0 amide bonds. The Hall–Kier alpha value is -1.51. The van der Waals surface area contributed by atoms with Crippen LogP contribution in [0.15, 0.2) is 23.2 Å². The molecule has 3 heteroatoms. The van der Waals surface area contributed by atoms with E-state index in [0.717, 1.165) is 16.8 Å². The minimum absolute atomic E-state index is 0.363.